The lowest BCUT2D eigenvalue weighted by Gasteiger charge is -2.03. The minimum absolute atomic E-state index is 0.0483. The number of carbonyl (C=O) groups excluding carboxylic acids is 1. The van der Waals surface area contributed by atoms with E-state index in [9.17, 15) is 13.6 Å². The molecule has 0 saturated carbocycles. The fraction of sp³-hybridized carbons (Fsp3) is 0.167. The molecule has 0 N–H and O–H groups in total. The fourth-order valence-electron chi connectivity index (χ4n) is 1.33. The summed E-state index contributed by atoms with van der Waals surface area (Å²) in [7, 11) is 0. The molecule has 0 radical (unpaired) electrons. The van der Waals surface area contributed by atoms with E-state index < -0.39 is 23.2 Å². The third-order valence-corrected chi connectivity index (χ3v) is 3.08. The van der Waals surface area contributed by atoms with Gasteiger partial charge in [0.1, 0.15) is 23.2 Å². The van der Waals surface area contributed by atoms with Crippen LogP contribution in [-0.2, 0) is 11.3 Å². The van der Waals surface area contributed by atoms with Gasteiger partial charge in [0.05, 0.1) is 5.56 Å². The van der Waals surface area contributed by atoms with Gasteiger partial charge in [0.25, 0.3) is 0 Å². The van der Waals surface area contributed by atoms with E-state index in [2.05, 4.69) is 4.98 Å². The summed E-state index contributed by atoms with van der Waals surface area (Å²) in [5, 5.41) is 2.42. The highest BCUT2D eigenvalue weighted by atomic mass is 32.1. The van der Waals surface area contributed by atoms with Crippen LogP contribution in [0.4, 0.5) is 8.78 Å². The van der Waals surface area contributed by atoms with Crippen molar-refractivity contribution in [3.63, 3.8) is 0 Å². The van der Waals surface area contributed by atoms with Gasteiger partial charge >= 0.3 is 5.97 Å². The van der Waals surface area contributed by atoms with Crippen LogP contribution in [0.15, 0.2) is 23.6 Å². The number of aryl methyl sites for hydroxylation is 1. The quantitative estimate of drug-likeness (QED) is 0.804. The molecule has 18 heavy (non-hydrogen) atoms. The van der Waals surface area contributed by atoms with Gasteiger partial charge in [0, 0.05) is 11.1 Å². The fourth-order valence-corrected chi connectivity index (χ4v) is 2.01. The molecular formula is C12H9F2NO2S. The molecule has 0 aliphatic rings. The zero-order chi connectivity index (χ0) is 13.1. The number of ether oxygens (including phenoxy) is 1. The Morgan fingerprint density at radius 1 is 1.44 bits per heavy atom. The van der Waals surface area contributed by atoms with Crippen LogP contribution in [0, 0.1) is 18.6 Å². The maximum atomic E-state index is 13.3. The number of hydrogen-bond acceptors (Lipinski definition) is 4. The van der Waals surface area contributed by atoms with E-state index in [-0.39, 0.29) is 6.61 Å². The van der Waals surface area contributed by atoms with E-state index in [4.69, 9.17) is 4.74 Å². The molecule has 2 rings (SSSR count). The van der Waals surface area contributed by atoms with Crippen molar-refractivity contribution in [3.05, 3.63) is 51.5 Å². The van der Waals surface area contributed by atoms with Crippen LogP contribution < -0.4 is 0 Å². The number of carbonyl (C=O) groups is 1. The Hall–Kier alpha value is -1.82. The summed E-state index contributed by atoms with van der Waals surface area (Å²) < 4.78 is 31.0. The average molecular weight is 269 g/mol. The van der Waals surface area contributed by atoms with Gasteiger partial charge in [-0.1, -0.05) is 0 Å². The number of thiazole rings is 1. The van der Waals surface area contributed by atoms with Crippen molar-refractivity contribution in [2.24, 2.45) is 0 Å². The Bertz CT molecular complexity index is 583. The highest BCUT2D eigenvalue weighted by Crippen LogP contribution is 2.14. The normalized spacial score (nSPS) is 10.4. The summed E-state index contributed by atoms with van der Waals surface area (Å²) in [6.07, 6.45) is 0. The predicted molar refractivity (Wildman–Crippen MR) is 62.3 cm³/mol. The highest BCUT2D eigenvalue weighted by molar-refractivity contribution is 7.09. The van der Waals surface area contributed by atoms with Crippen LogP contribution in [0.25, 0.3) is 0 Å². The lowest BCUT2D eigenvalue weighted by molar-refractivity contribution is 0.0466. The number of hydrogen-bond donors (Lipinski definition) is 0. The molecule has 1 heterocycles. The van der Waals surface area contributed by atoms with Crippen LogP contribution in [0.1, 0.15) is 21.1 Å². The monoisotopic (exact) mass is 269 g/mol. The molecule has 94 valence electrons. The number of aromatic nitrogens is 1. The number of halogens is 2. The van der Waals surface area contributed by atoms with E-state index >= 15 is 0 Å². The lowest BCUT2D eigenvalue weighted by Crippen LogP contribution is -2.08. The van der Waals surface area contributed by atoms with E-state index in [1.165, 1.54) is 11.3 Å². The van der Waals surface area contributed by atoms with Crippen LogP contribution in [-0.4, -0.2) is 11.0 Å². The Kier molecular flexibility index (Phi) is 3.66. The summed E-state index contributed by atoms with van der Waals surface area (Å²) in [6, 6.07) is 2.64. The number of nitrogens with zero attached hydrogens (tertiary/aromatic N) is 1. The van der Waals surface area contributed by atoms with Crippen LogP contribution >= 0.6 is 11.3 Å². The first-order valence-corrected chi connectivity index (χ1v) is 5.97. The Morgan fingerprint density at radius 3 is 2.89 bits per heavy atom. The molecule has 0 aliphatic heterocycles. The predicted octanol–water partition coefficient (Wildman–Crippen LogP) is 3.09. The minimum Gasteiger partial charge on any atom is -0.455 e. The molecule has 2 aromatic rings. The second-order valence-electron chi connectivity index (χ2n) is 3.58. The highest BCUT2D eigenvalue weighted by Gasteiger charge is 2.14. The van der Waals surface area contributed by atoms with Crippen molar-refractivity contribution in [2.75, 3.05) is 0 Å². The number of esters is 1. The molecule has 3 nitrogen and oxygen atoms in total. The van der Waals surface area contributed by atoms with Gasteiger partial charge in [-0.25, -0.2) is 18.6 Å². The van der Waals surface area contributed by atoms with Gasteiger partial charge in [-0.2, -0.15) is 0 Å². The molecule has 0 atom stereocenters. The van der Waals surface area contributed by atoms with Crippen molar-refractivity contribution in [1.29, 1.82) is 0 Å². The standard InChI is InChI=1S/C12H9F2NO2S/c1-7-6-18-11(15-7)5-17-12(16)9-4-8(13)2-3-10(9)14/h2-4,6H,5H2,1H3. The molecule has 0 aliphatic carbocycles. The number of rotatable bonds is 3. The molecule has 0 bridgehead atoms. The van der Waals surface area contributed by atoms with Gasteiger partial charge in [-0.15, -0.1) is 11.3 Å². The first-order valence-electron chi connectivity index (χ1n) is 5.09. The van der Waals surface area contributed by atoms with Gasteiger partial charge in [0.2, 0.25) is 0 Å². The lowest BCUT2D eigenvalue weighted by atomic mass is 10.2. The SMILES string of the molecule is Cc1csc(COC(=O)c2cc(F)ccc2F)n1. The molecule has 0 fully saturated rings. The smallest absolute Gasteiger partial charge is 0.341 e. The van der Waals surface area contributed by atoms with Crippen LogP contribution in [0.3, 0.4) is 0 Å². The Balaban J connectivity index is 2.05. The molecule has 0 amide bonds. The van der Waals surface area contributed by atoms with E-state index in [1.54, 1.807) is 0 Å². The Morgan fingerprint density at radius 2 is 2.22 bits per heavy atom. The third-order valence-electron chi connectivity index (χ3n) is 2.14. The van der Waals surface area contributed by atoms with Crippen LogP contribution in [0.5, 0.6) is 0 Å². The first kappa shape index (κ1) is 12.6. The van der Waals surface area contributed by atoms with Crippen molar-refractivity contribution in [2.45, 2.75) is 13.5 Å². The summed E-state index contributed by atoms with van der Waals surface area (Å²) in [5.74, 6) is -2.40. The average Bonchev–Trinajstić information content (AvgIpc) is 2.75. The van der Waals surface area contributed by atoms with E-state index in [1.807, 2.05) is 12.3 Å². The molecule has 1 aromatic heterocycles. The molecular weight excluding hydrogens is 260 g/mol. The van der Waals surface area contributed by atoms with Crippen molar-refractivity contribution in [1.82, 2.24) is 4.98 Å². The zero-order valence-corrected chi connectivity index (χ0v) is 10.3. The van der Waals surface area contributed by atoms with Crippen molar-refractivity contribution in [3.8, 4) is 0 Å². The molecule has 0 unspecified atom stereocenters. The molecule has 1 aromatic carbocycles. The largest absolute Gasteiger partial charge is 0.455 e. The molecule has 6 heteroatoms. The number of benzene rings is 1. The van der Waals surface area contributed by atoms with Gasteiger partial charge in [0.15, 0.2) is 0 Å². The molecule has 0 saturated heterocycles. The zero-order valence-electron chi connectivity index (χ0n) is 9.44. The van der Waals surface area contributed by atoms with Crippen molar-refractivity contribution < 1.29 is 18.3 Å². The van der Waals surface area contributed by atoms with Gasteiger partial charge in [-0.05, 0) is 25.1 Å². The summed E-state index contributed by atoms with van der Waals surface area (Å²) >= 11 is 1.34. The topological polar surface area (TPSA) is 39.2 Å². The molecule has 0 spiro atoms. The van der Waals surface area contributed by atoms with Crippen LogP contribution in [0.2, 0.25) is 0 Å². The maximum absolute atomic E-state index is 13.3. The Labute approximate surface area is 106 Å². The summed E-state index contributed by atoms with van der Waals surface area (Å²) in [6.45, 7) is 1.77. The summed E-state index contributed by atoms with van der Waals surface area (Å²) in [5.41, 5.74) is 0.409. The second-order valence-corrected chi connectivity index (χ2v) is 4.53. The van der Waals surface area contributed by atoms with E-state index in [0.717, 1.165) is 23.9 Å². The second kappa shape index (κ2) is 5.22. The van der Waals surface area contributed by atoms with Gasteiger partial charge < -0.3 is 4.74 Å². The van der Waals surface area contributed by atoms with E-state index in [0.29, 0.717) is 5.01 Å². The van der Waals surface area contributed by atoms with Crippen molar-refractivity contribution >= 4 is 17.3 Å². The van der Waals surface area contributed by atoms with Gasteiger partial charge in [-0.3, -0.25) is 0 Å². The maximum Gasteiger partial charge on any atom is 0.341 e. The first-order chi connectivity index (χ1) is 8.56. The minimum atomic E-state index is -0.903. The summed E-state index contributed by atoms with van der Waals surface area (Å²) in [4.78, 5) is 15.6. The third kappa shape index (κ3) is 2.89.